The Labute approximate surface area is 148 Å². The number of aryl methyl sites for hydroxylation is 2. The fraction of sp³-hybridized carbons (Fsp3) is 0.176. The number of rotatable bonds is 4. The van der Waals surface area contributed by atoms with Crippen LogP contribution in [0.3, 0.4) is 0 Å². The average molecular weight is 386 g/mol. The second-order valence-corrected chi connectivity index (χ2v) is 6.38. The van der Waals surface area contributed by atoms with E-state index in [1.807, 2.05) is 56.3 Å². The van der Waals surface area contributed by atoms with E-state index in [1.165, 1.54) is 4.80 Å². The molecule has 122 valence electrons. The van der Waals surface area contributed by atoms with E-state index in [0.29, 0.717) is 5.82 Å². The number of anilines is 1. The molecule has 3 aromatic rings. The summed E-state index contributed by atoms with van der Waals surface area (Å²) < 4.78 is 0.945. The Morgan fingerprint density at radius 3 is 2.62 bits per heavy atom. The minimum Gasteiger partial charge on any atom is -0.324 e. The predicted molar refractivity (Wildman–Crippen MR) is 95.5 cm³/mol. The first-order valence-electron chi connectivity index (χ1n) is 7.42. The smallest absolute Gasteiger partial charge is 0.248 e. The van der Waals surface area contributed by atoms with Crippen LogP contribution >= 0.6 is 15.9 Å². The van der Waals surface area contributed by atoms with Crippen LogP contribution in [0.1, 0.15) is 11.1 Å². The number of hydrogen-bond donors (Lipinski definition) is 1. The highest BCUT2D eigenvalue weighted by molar-refractivity contribution is 9.10. The Morgan fingerprint density at radius 2 is 1.92 bits per heavy atom. The molecule has 0 spiro atoms. The van der Waals surface area contributed by atoms with Gasteiger partial charge in [0.05, 0.1) is 0 Å². The van der Waals surface area contributed by atoms with Crippen molar-refractivity contribution in [2.75, 3.05) is 5.32 Å². The number of hydrogen-bond acceptors (Lipinski definition) is 4. The minimum absolute atomic E-state index is 0.00432. The molecule has 0 saturated heterocycles. The quantitative estimate of drug-likeness (QED) is 0.747. The Morgan fingerprint density at radius 1 is 1.17 bits per heavy atom. The molecule has 0 bridgehead atoms. The van der Waals surface area contributed by atoms with E-state index < -0.39 is 0 Å². The Balaban J connectivity index is 1.66. The Kier molecular flexibility index (Phi) is 4.71. The molecular formula is C17H16BrN5O. The number of amides is 1. The molecule has 1 amide bonds. The fourth-order valence-corrected chi connectivity index (χ4v) is 2.51. The molecule has 1 heterocycles. The van der Waals surface area contributed by atoms with Crippen LogP contribution in [0, 0.1) is 13.8 Å². The van der Waals surface area contributed by atoms with Crippen LogP contribution in [-0.4, -0.2) is 26.1 Å². The van der Waals surface area contributed by atoms with E-state index in [2.05, 4.69) is 36.7 Å². The number of benzene rings is 2. The van der Waals surface area contributed by atoms with Crippen molar-refractivity contribution < 1.29 is 4.79 Å². The minimum atomic E-state index is -0.210. The third kappa shape index (κ3) is 3.86. The van der Waals surface area contributed by atoms with Crippen molar-refractivity contribution in [3.8, 4) is 11.4 Å². The molecule has 3 rings (SSSR count). The van der Waals surface area contributed by atoms with E-state index in [1.54, 1.807) is 0 Å². The fourth-order valence-electron chi connectivity index (χ4n) is 2.13. The van der Waals surface area contributed by atoms with Crippen LogP contribution < -0.4 is 5.32 Å². The van der Waals surface area contributed by atoms with Crippen LogP contribution in [0.15, 0.2) is 46.9 Å². The van der Waals surface area contributed by atoms with Gasteiger partial charge in [-0.2, -0.15) is 4.80 Å². The summed E-state index contributed by atoms with van der Waals surface area (Å²) >= 11 is 3.45. The SMILES string of the molecule is Cc1ccc(-c2nnn(CC(=O)Nc3ccc(C)c(Br)c3)n2)cc1. The molecule has 0 fully saturated rings. The van der Waals surface area contributed by atoms with E-state index >= 15 is 0 Å². The summed E-state index contributed by atoms with van der Waals surface area (Å²) in [4.78, 5) is 13.4. The third-order valence-corrected chi connectivity index (χ3v) is 4.36. The third-order valence-electron chi connectivity index (χ3n) is 3.50. The number of aromatic nitrogens is 4. The first kappa shape index (κ1) is 16.3. The summed E-state index contributed by atoms with van der Waals surface area (Å²) in [5, 5.41) is 15.0. The number of nitrogens with one attached hydrogen (secondary N) is 1. The van der Waals surface area contributed by atoms with E-state index in [9.17, 15) is 4.79 Å². The van der Waals surface area contributed by atoms with E-state index in [-0.39, 0.29) is 12.5 Å². The molecule has 24 heavy (non-hydrogen) atoms. The Hall–Kier alpha value is -2.54. The summed E-state index contributed by atoms with van der Waals surface area (Å²) in [5.74, 6) is 0.291. The Bertz CT molecular complexity index is 873. The van der Waals surface area contributed by atoms with Gasteiger partial charge in [0.15, 0.2) is 0 Å². The number of nitrogens with zero attached hydrogens (tertiary/aromatic N) is 4. The van der Waals surface area contributed by atoms with Crippen molar-refractivity contribution in [2.45, 2.75) is 20.4 Å². The van der Waals surface area contributed by atoms with Gasteiger partial charge in [-0.15, -0.1) is 10.2 Å². The molecule has 0 aliphatic heterocycles. The maximum absolute atomic E-state index is 12.1. The van der Waals surface area contributed by atoms with Crippen molar-refractivity contribution >= 4 is 27.5 Å². The van der Waals surface area contributed by atoms with Gasteiger partial charge < -0.3 is 5.32 Å². The van der Waals surface area contributed by atoms with Gasteiger partial charge in [-0.1, -0.05) is 51.8 Å². The zero-order chi connectivity index (χ0) is 17.1. The van der Waals surface area contributed by atoms with Crippen molar-refractivity contribution in [3.63, 3.8) is 0 Å². The number of halogens is 1. The van der Waals surface area contributed by atoms with Crippen LogP contribution in [0.4, 0.5) is 5.69 Å². The summed E-state index contributed by atoms with van der Waals surface area (Å²) in [7, 11) is 0. The summed E-state index contributed by atoms with van der Waals surface area (Å²) in [6.45, 7) is 4.01. The maximum Gasteiger partial charge on any atom is 0.248 e. The van der Waals surface area contributed by atoms with Gasteiger partial charge in [0.25, 0.3) is 0 Å². The molecule has 2 aromatic carbocycles. The normalized spacial score (nSPS) is 10.6. The first-order chi connectivity index (χ1) is 11.5. The van der Waals surface area contributed by atoms with E-state index in [4.69, 9.17) is 0 Å². The van der Waals surface area contributed by atoms with Gasteiger partial charge in [-0.25, -0.2) is 0 Å². The first-order valence-corrected chi connectivity index (χ1v) is 8.21. The molecule has 0 aliphatic rings. The van der Waals surface area contributed by atoms with Gasteiger partial charge in [-0.05, 0) is 36.8 Å². The van der Waals surface area contributed by atoms with Gasteiger partial charge in [-0.3, -0.25) is 4.79 Å². The van der Waals surface area contributed by atoms with Crippen LogP contribution in [0.2, 0.25) is 0 Å². The van der Waals surface area contributed by atoms with Gasteiger partial charge in [0.1, 0.15) is 6.54 Å². The van der Waals surface area contributed by atoms with Gasteiger partial charge in [0.2, 0.25) is 11.7 Å². The molecular weight excluding hydrogens is 370 g/mol. The van der Waals surface area contributed by atoms with Crippen molar-refractivity contribution in [1.29, 1.82) is 0 Å². The van der Waals surface area contributed by atoms with Crippen molar-refractivity contribution in [2.24, 2.45) is 0 Å². The highest BCUT2D eigenvalue weighted by Gasteiger charge is 2.10. The molecule has 0 radical (unpaired) electrons. The lowest BCUT2D eigenvalue weighted by Crippen LogP contribution is -2.20. The lowest BCUT2D eigenvalue weighted by Gasteiger charge is -2.06. The molecule has 1 aromatic heterocycles. The highest BCUT2D eigenvalue weighted by Crippen LogP contribution is 2.20. The van der Waals surface area contributed by atoms with Crippen LogP contribution in [0.5, 0.6) is 0 Å². The van der Waals surface area contributed by atoms with Crippen molar-refractivity contribution in [3.05, 3.63) is 58.1 Å². The lowest BCUT2D eigenvalue weighted by molar-refractivity contribution is -0.117. The molecule has 6 nitrogen and oxygen atoms in total. The zero-order valence-corrected chi connectivity index (χ0v) is 14.9. The highest BCUT2D eigenvalue weighted by atomic mass is 79.9. The number of carbonyl (C=O) groups excluding carboxylic acids is 1. The largest absolute Gasteiger partial charge is 0.324 e. The molecule has 0 unspecified atom stereocenters. The van der Waals surface area contributed by atoms with Crippen molar-refractivity contribution in [1.82, 2.24) is 20.2 Å². The average Bonchev–Trinajstić information content (AvgIpc) is 3.00. The van der Waals surface area contributed by atoms with Crippen LogP contribution in [0.25, 0.3) is 11.4 Å². The monoisotopic (exact) mass is 385 g/mol. The molecule has 1 N–H and O–H groups in total. The summed E-state index contributed by atoms with van der Waals surface area (Å²) in [5.41, 5.74) is 3.86. The summed E-state index contributed by atoms with van der Waals surface area (Å²) in [6, 6.07) is 13.5. The summed E-state index contributed by atoms with van der Waals surface area (Å²) in [6.07, 6.45) is 0. The maximum atomic E-state index is 12.1. The van der Waals surface area contributed by atoms with Gasteiger partial charge >= 0.3 is 0 Å². The predicted octanol–water partition coefficient (Wildman–Crippen LogP) is 3.36. The molecule has 0 saturated carbocycles. The molecule has 0 atom stereocenters. The topological polar surface area (TPSA) is 72.7 Å². The van der Waals surface area contributed by atoms with Crippen LogP contribution in [-0.2, 0) is 11.3 Å². The lowest BCUT2D eigenvalue weighted by atomic mass is 10.1. The zero-order valence-electron chi connectivity index (χ0n) is 13.3. The number of carbonyl (C=O) groups is 1. The number of tetrazole rings is 1. The molecule has 7 heteroatoms. The van der Waals surface area contributed by atoms with Gasteiger partial charge in [0, 0.05) is 15.7 Å². The molecule has 0 aliphatic carbocycles. The van der Waals surface area contributed by atoms with E-state index in [0.717, 1.165) is 26.9 Å². The second-order valence-electron chi connectivity index (χ2n) is 5.52. The second kappa shape index (κ2) is 6.92. The standard InChI is InChI=1S/C17H16BrN5O/c1-11-3-6-13(7-4-11)17-20-22-23(21-17)10-16(24)19-14-8-5-12(2)15(18)9-14/h3-9H,10H2,1-2H3,(H,19,24).